The van der Waals surface area contributed by atoms with Gasteiger partial charge in [-0.1, -0.05) is 6.42 Å². The van der Waals surface area contributed by atoms with Crippen LogP contribution in [0.3, 0.4) is 0 Å². The molecular formula is C11H16N4S. The van der Waals surface area contributed by atoms with E-state index in [2.05, 4.69) is 26.4 Å². The molecule has 0 aromatic carbocycles. The van der Waals surface area contributed by atoms with Crippen LogP contribution in [0.5, 0.6) is 0 Å². The van der Waals surface area contributed by atoms with Crippen molar-refractivity contribution in [3.8, 4) is 0 Å². The predicted octanol–water partition coefficient (Wildman–Crippen LogP) is 1.57. The lowest BCUT2D eigenvalue weighted by molar-refractivity contribution is 0.228. The first kappa shape index (κ1) is 10.3. The summed E-state index contributed by atoms with van der Waals surface area (Å²) in [7, 11) is 0. The van der Waals surface area contributed by atoms with E-state index in [1.807, 2.05) is 6.20 Å². The van der Waals surface area contributed by atoms with Crippen LogP contribution in [-0.2, 0) is 6.42 Å². The van der Waals surface area contributed by atoms with E-state index in [0.29, 0.717) is 6.04 Å². The highest BCUT2D eigenvalue weighted by Crippen LogP contribution is 2.30. The number of rotatable bonds is 4. The number of aromatic nitrogens is 2. The van der Waals surface area contributed by atoms with Gasteiger partial charge < -0.3 is 0 Å². The molecule has 1 saturated carbocycles. The molecular weight excluding hydrogens is 220 g/mol. The van der Waals surface area contributed by atoms with Gasteiger partial charge >= 0.3 is 0 Å². The molecule has 16 heavy (non-hydrogen) atoms. The highest BCUT2D eigenvalue weighted by atomic mass is 32.1. The van der Waals surface area contributed by atoms with Gasteiger partial charge in [-0.3, -0.25) is 15.7 Å². The molecule has 0 amide bonds. The number of imidazole rings is 1. The number of thiazole rings is 1. The van der Waals surface area contributed by atoms with Crippen LogP contribution >= 0.6 is 11.3 Å². The van der Waals surface area contributed by atoms with Crippen LogP contribution < -0.4 is 11.3 Å². The van der Waals surface area contributed by atoms with Crippen LogP contribution in [0.1, 0.15) is 25.0 Å². The van der Waals surface area contributed by atoms with Crippen LogP contribution in [0, 0.1) is 5.92 Å². The Labute approximate surface area is 98.5 Å². The van der Waals surface area contributed by atoms with E-state index in [0.717, 1.165) is 23.0 Å². The van der Waals surface area contributed by atoms with E-state index in [4.69, 9.17) is 5.84 Å². The molecule has 2 heterocycles. The molecule has 1 aliphatic rings. The van der Waals surface area contributed by atoms with Gasteiger partial charge in [0.1, 0.15) is 0 Å². The minimum atomic E-state index is 0.387. The molecule has 86 valence electrons. The first-order valence-electron chi connectivity index (χ1n) is 5.74. The van der Waals surface area contributed by atoms with E-state index < -0.39 is 0 Å². The molecule has 3 N–H and O–H groups in total. The molecule has 0 radical (unpaired) electrons. The highest BCUT2D eigenvalue weighted by Gasteiger charge is 2.27. The van der Waals surface area contributed by atoms with Gasteiger partial charge in [-0.25, -0.2) is 4.98 Å². The fraction of sp³-hybridized carbons (Fsp3) is 0.545. The van der Waals surface area contributed by atoms with Crippen LogP contribution in [0.25, 0.3) is 4.96 Å². The summed E-state index contributed by atoms with van der Waals surface area (Å²) >= 11 is 1.67. The summed E-state index contributed by atoms with van der Waals surface area (Å²) in [5.41, 5.74) is 4.08. The molecule has 0 spiro atoms. The lowest BCUT2D eigenvalue weighted by Crippen LogP contribution is -2.44. The third kappa shape index (κ3) is 1.75. The van der Waals surface area contributed by atoms with Gasteiger partial charge in [-0.15, -0.1) is 11.3 Å². The fourth-order valence-electron chi connectivity index (χ4n) is 2.30. The predicted molar refractivity (Wildman–Crippen MR) is 65.2 cm³/mol. The van der Waals surface area contributed by atoms with Gasteiger partial charge in [0.25, 0.3) is 0 Å². The van der Waals surface area contributed by atoms with Gasteiger partial charge in [-0.05, 0) is 18.8 Å². The summed E-state index contributed by atoms with van der Waals surface area (Å²) in [4.78, 5) is 5.66. The highest BCUT2D eigenvalue weighted by molar-refractivity contribution is 7.15. The molecule has 1 atom stereocenters. The van der Waals surface area contributed by atoms with Crippen LogP contribution in [0.2, 0.25) is 0 Å². The molecule has 3 rings (SSSR count). The van der Waals surface area contributed by atoms with Gasteiger partial charge in [0.2, 0.25) is 0 Å². The smallest absolute Gasteiger partial charge is 0.193 e. The zero-order chi connectivity index (χ0) is 11.0. The third-order valence-corrected chi connectivity index (χ3v) is 4.28. The SMILES string of the molecule is NNC(Cc1cn2ccsc2n1)C1CCC1. The molecule has 5 heteroatoms. The van der Waals surface area contributed by atoms with Crippen molar-refractivity contribution >= 4 is 16.3 Å². The Kier molecular flexibility index (Phi) is 2.67. The van der Waals surface area contributed by atoms with Gasteiger partial charge in [-0.2, -0.15) is 0 Å². The van der Waals surface area contributed by atoms with Crippen molar-refractivity contribution in [2.24, 2.45) is 11.8 Å². The van der Waals surface area contributed by atoms with Gasteiger partial charge in [0.15, 0.2) is 4.96 Å². The largest absolute Gasteiger partial charge is 0.297 e. The monoisotopic (exact) mass is 236 g/mol. The van der Waals surface area contributed by atoms with Crippen LogP contribution in [0.4, 0.5) is 0 Å². The van der Waals surface area contributed by atoms with Crippen molar-refractivity contribution in [1.29, 1.82) is 0 Å². The zero-order valence-corrected chi connectivity index (χ0v) is 9.91. The van der Waals surface area contributed by atoms with Crippen LogP contribution in [0.15, 0.2) is 17.8 Å². The number of nitrogens with two attached hydrogens (primary N) is 1. The number of fused-ring (bicyclic) bond motifs is 1. The van der Waals surface area contributed by atoms with E-state index in [9.17, 15) is 0 Å². The van der Waals surface area contributed by atoms with Crippen molar-refractivity contribution in [3.63, 3.8) is 0 Å². The average molecular weight is 236 g/mol. The number of nitrogens with one attached hydrogen (secondary N) is 1. The van der Waals surface area contributed by atoms with Gasteiger partial charge in [0, 0.05) is 30.2 Å². The lowest BCUT2D eigenvalue weighted by atomic mass is 9.78. The van der Waals surface area contributed by atoms with Crippen LogP contribution in [-0.4, -0.2) is 15.4 Å². The fourth-order valence-corrected chi connectivity index (χ4v) is 3.02. The normalized spacial score (nSPS) is 18.8. The second-order valence-electron chi connectivity index (χ2n) is 4.49. The molecule has 0 aliphatic heterocycles. The van der Waals surface area contributed by atoms with Crippen molar-refractivity contribution in [2.45, 2.75) is 31.7 Å². The van der Waals surface area contributed by atoms with E-state index >= 15 is 0 Å². The Morgan fingerprint density at radius 3 is 3.12 bits per heavy atom. The van der Waals surface area contributed by atoms with E-state index in [1.54, 1.807) is 11.3 Å². The van der Waals surface area contributed by atoms with Gasteiger partial charge in [0.05, 0.1) is 5.69 Å². The van der Waals surface area contributed by atoms with Crippen molar-refractivity contribution < 1.29 is 0 Å². The molecule has 2 aromatic heterocycles. The third-order valence-electron chi connectivity index (χ3n) is 3.51. The van der Waals surface area contributed by atoms with E-state index in [-0.39, 0.29) is 0 Å². The maximum atomic E-state index is 5.62. The second-order valence-corrected chi connectivity index (χ2v) is 5.37. The Balaban J connectivity index is 1.74. The maximum Gasteiger partial charge on any atom is 0.193 e. The minimum Gasteiger partial charge on any atom is -0.297 e. The number of hydrazine groups is 1. The number of hydrogen-bond acceptors (Lipinski definition) is 4. The molecule has 1 fully saturated rings. The molecule has 1 unspecified atom stereocenters. The van der Waals surface area contributed by atoms with Crippen molar-refractivity contribution in [2.75, 3.05) is 0 Å². The molecule has 0 saturated heterocycles. The Hall–Kier alpha value is -0.910. The maximum absolute atomic E-state index is 5.62. The summed E-state index contributed by atoms with van der Waals surface area (Å²) in [6, 6.07) is 0.387. The summed E-state index contributed by atoms with van der Waals surface area (Å²) in [5.74, 6) is 6.36. The summed E-state index contributed by atoms with van der Waals surface area (Å²) in [6.45, 7) is 0. The molecule has 2 aromatic rings. The summed E-state index contributed by atoms with van der Waals surface area (Å²) in [6.07, 6.45) is 9.05. The Morgan fingerprint density at radius 2 is 2.50 bits per heavy atom. The quantitative estimate of drug-likeness (QED) is 0.626. The Morgan fingerprint density at radius 1 is 1.62 bits per heavy atom. The topological polar surface area (TPSA) is 55.3 Å². The Bertz CT molecular complexity index is 442. The molecule has 0 bridgehead atoms. The summed E-state index contributed by atoms with van der Waals surface area (Å²) in [5, 5.41) is 2.05. The first-order valence-corrected chi connectivity index (χ1v) is 6.62. The number of nitrogens with zero attached hydrogens (tertiary/aromatic N) is 2. The minimum absolute atomic E-state index is 0.387. The van der Waals surface area contributed by atoms with Crippen molar-refractivity contribution in [1.82, 2.24) is 14.8 Å². The van der Waals surface area contributed by atoms with E-state index in [1.165, 1.54) is 19.3 Å². The average Bonchev–Trinajstić information content (AvgIpc) is 2.73. The zero-order valence-electron chi connectivity index (χ0n) is 9.10. The standard InChI is InChI=1S/C11H16N4S/c12-14-10(8-2-1-3-8)6-9-7-15-4-5-16-11(15)13-9/h4-5,7-8,10,14H,1-3,6,12H2. The number of hydrogen-bond donors (Lipinski definition) is 2. The molecule has 4 nitrogen and oxygen atoms in total. The molecule has 1 aliphatic carbocycles. The second kappa shape index (κ2) is 4.16. The van der Waals surface area contributed by atoms with Crippen molar-refractivity contribution in [3.05, 3.63) is 23.5 Å². The first-order chi connectivity index (χ1) is 7.86. The lowest BCUT2D eigenvalue weighted by Gasteiger charge is -2.32. The summed E-state index contributed by atoms with van der Waals surface area (Å²) < 4.78 is 2.08.